The Morgan fingerprint density at radius 2 is 2.04 bits per heavy atom. The van der Waals surface area contributed by atoms with Crippen LogP contribution in [0.25, 0.3) is 0 Å². The minimum absolute atomic E-state index is 0.0628. The summed E-state index contributed by atoms with van der Waals surface area (Å²) in [5.41, 5.74) is 2.75. The Morgan fingerprint density at radius 1 is 1.28 bits per heavy atom. The molecule has 1 fully saturated rings. The molecule has 0 N–H and O–H groups in total. The van der Waals surface area contributed by atoms with Crippen LogP contribution in [-0.2, 0) is 11.2 Å². The minimum Gasteiger partial charge on any atom is -0.493 e. The van der Waals surface area contributed by atoms with E-state index in [1.54, 1.807) is 14.2 Å². The molecule has 1 saturated heterocycles. The number of likely N-dealkylation sites (tertiary alicyclic amines) is 1. The molecular weight excluding hydrogens is 320 g/mol. The molecule has 0 unspecified atom stereocenters. The Morgan fingerprint density at radius 3 is 2.68 bits per heavy atom. The highest BCUT2D eigenvalue weighted by atomic mass is 16.5. The summed E-state index contributed by atoms with van der Waals surface area (Å²) in [7, 11) is 3.24. The van der Waals surface area contributed by atoms with Gasteiger partial charge in [-0.05, 0) is 44.4 Å². The van der Waals surface area contributed by atoms with E-state index in [0.29, 0.717) is 23.7 Å². The number of rotatable bonds is 5. The molecule has 1 amide bonds. The number of carbonyl (C=O) groups excluding carboxylic acids is 1. The van der Waals surface area contributed by atoms with Gasteiger partial charge in [0, 0.05) is 12.1 Å². The van der Waals surface area contributed by atoms with Gasteiger partial charge in [-0.2, -0.15) is 0 Å². The third kappa shape index (κ3) is 3.34. The molecule has 6 heteroatoms. The summed E-state index contributed by atoms with van der Waals surface area (Å²) in [6.45, 7) is 4.48. The Hall–Kier alpha value is -2.50. The topological polar surface area (TPSA) is 64.8 Å². The molecule has 1 aromatic carbocycles. The average Bonchev–Trinajstić information content (AvgIpc) is 3.23. The lowest BCUT2D eigenvalue weighted by Gasteiger charge is -2.26. The second-order valence-electron chi connectivity index (χ2n) is 6.34. The SMILES string of the molecule is COc1ccc([C@@H]2CCCN2C(=O)Cc2c(C)noc2C)cc1OC. The van der Waals surface area contributed by atoms with E-state index in [9.17, 15) is 4.79 Å². The summed E-state index contributed by atoms with van der Waals surface area (Å²) < 4.78 is 15.9. The van der Waals surface area contributed by atoms with Gasteiger partial charge >= 0.3 is 0 Å². The number of hydrogen-bond donors (Lipinski definition) is 0. The van der Waals surface area contributed by atoms with Crippen molar-refractivity contribution in [3.8, 4) is 11.5 Å². The standard InChI is InChI=1S/C19H24N2O4/c1-12-15(13(2)25-20-12)11-19(22)21-9-5-6-16(21)14-7-8-17(23-3)18(10-14)24-4/h7-8,10,16H,5-6,9,11H2,1-4H3/t16-/m0/s1. The molecule has 1 atom stereocenters. The van der Waals surface area contributed by atoms with Gasteiger partial charge in [-0.3, -0.25) is 4.79 Å². The first-order valence-corrected chi connectivity index (χ1v) is 8.48. The van der Waals surface area contributed by atoms with Crippen LogP contribution < -0.4 is 9.47 Å². The molecule has 1 aromatic heterocycles. The normalized spacial score (nSPS) is 17.0. The van der Waals surface area contributed by atoms with Gasteiger partial charge in [-0.1, -0.05) is 11.2 Å². The van der Waals surface area contributed by atoms with Crippen LogP contribution in [0.4, 0.5) is 0 Å². The van der Waals surface area contributed by atoms with Crippen molar-refractivity contribution in [2.24, 2.45) is 0 Å². The second-order valence-corrected chi connectivity index (χ2v) is 6.34. The van der Waals surface area contributed by atoms with Crippen molar-refractivity contribution in [2.75, 3.05) is 20.8 Å². The van der Waals surface area contributed by atoms with Crippen molar-refractivity contribution in [3.63, 3.8) is 0 Å². The summed E-state index contributed by atoms with van der Waals surface area (Å²) in [4.78, 5) is 14.8. The largest absolute Gasteiger partial charge is 0.493 e. The van der Waals surface area contributed by atoms with Crippen LogP contribution in [0.1, 0.15) is 41.5 Å². The highest BCUT2D eigenvalue weighted by Crippen LogP contribution is 2.37. The summed E-state index contributed by atoms with van der Waals surface area (Å²) in [6.07, 6.45) is 2.26. The van der Waals surface area contributed by atoms with Gasteiger partial charge in [0.2, 0.25) is 5.91 Å². The fraction of sp³-hybridized carbons (Fsp3) is 0.474. The summed E-state index contributed by atoms with van der Waals surface area (Å²) in [6, 6.07) is 5.93. The molecule has 1 aliphatic heterocycles. The molecule has 0 radical (unpaired) electrons. The highest BCUT2D eigenvalue weighted by molar-refractivity contribution is 5.80. The van der Waals surface area contributed by atoms with Crippen LogP contribution in [-0.4, -0.2) is 36.7 Å². The maximum atomic E-state index is 12.9. The molecule has 134 valence electrons. The van der Waals surface area contributed by atoms with Crippen molar-refractivity contribution in [3.05, 3.63) is 40.8 Å². The second kappa shape index (κ2) is 7.17. The van der Waals surface area contributed by atoms with Crippen molar-refractivity contribution in [2.45, 2.75) is 39.2 Å². The van der Waals surface area contributed by atoms with Crippen LogP contribution in [0.3, 0.4) is 0 Å². The fourth-order valence-corrected chi connectivity index (χ4v) is 3.48. The van der Waals surface area contributed by atoms with Gasteiger partial charge in [0.1, 0.15) is 5.76 Å². The van der Waals surface area contributed by atoms with Crippen LogP contribution in [0.15, 0.2) is 22.7 Å². The van der Waals surface area contributed by atoms with Gasteiger partial charge in [0.15, 0.2) is 11.5 Å². The summed E-state index contributed by atoms with van der Waals surface area (Å²) in [5.74, 6) is 2.20. The predicted octanol–water partition coefficient (Wildman–Crippen LogP) is 3.21. The first-order valence-electron chi connectivity index (χ1n) is 8.48. The van der Waals surface area contributed by atoms with E-state index >= 15 is 0 Å². The van der Waals surface area contributed by atoms with Crippen LogP contribution >= 0.6 is 0 Å². The van der Waals surface area contributed by atoms with Crippen molar-refractivity contribution < 1.29 is 18.8 Å². The fourth-order valence-electron chi connectivity index (χ4n) is 3.48. The smallest absolute Gasteiger partial charge is 0.227 e. The monoisotopic (exact) mass is 344 g/mol. The number of hydrogen-bond acceptors (Lipinski definition) is 5. The zero-order chi connectivity index (χ0) is 18.0. The number of ether oxygens (including phenoxy) is 2. The third-order valence-electron chi connectivity index (χ3n) is 4.87. The number of methoxy groups -OCH3 is 2. The Labute approximate surface area is 147 Å². The number of benzene rings is 1. The van der Waals surface area contributed by atoms with Gasteiger partial charge in [-0.25, -0.2) is 0 Å². The Bertz CT molecular complexity index is 749. The van der Waals surface area contributed by atoms with E-state index in [1.807, 2.05) is 36.9 Å². The summed E-state index contributed by atoms with van der Waals surface area (Å²) in [5, 5.41) is 3.94. The lowest BCUT2D eigenvalue weighted by atomic mass is 10.0. The first kappa shape index (κ1) is 17.3. The van der Waals surface area contributed by atoms with E-state index in [1.165, 1.54) is 0 Å². The summed E-state index contributed by atoms with van der Waals surface area (Å²) >= 11 is 0. The number of aryl methyl sites for hydroxylation is 2. The van der Waals surface area contributed by atoms with E-state index in [4.69, 9.17) is 14.0 Å². The van der Waals surface area contributed by atoms with E-state index in [-0.39, 0.29) is 11.9 Å². The molecule has 0 spiro atoms. The Kier molecular flexibility index (Phi) is 4.97. The van der Waals surface area contributed by atoms with Crippen molar-refractivity contribution in [1.29, 1.82) is 0 Å². The maximum Gasteiger partial charge on any atom is 0.227 e. The van der Waals surface area contributed by atoms with E-state index < -0.39 is 0 Å². The molecule has 6 nitrogen and oxygen atoms in total. The molecular formula is C19H24N2O4. The van der Waals surface area contributed by atoms with Gasteiger partial charge < -0.3 is 18.9 Å². The average molecular weight is 344 g/mol. The maximum absolute atomic E-state index is 12.9. The predicted molar refractivity (Wildman–Crippen MR) is 92.9 cm³/mol. The van der Waals surface area contributed by atoms with Gasteiger partial charge in [0.05, 0.1) is 32.4 Å². The Balaban J connectivity index is 1.82. The van der Waals surface area contributed by atoms with Crippen LogP contribution in [0, 0.1) is 13.8 Å². The third-order valence-corrected chi connectivity index (χ3v) is 4.87. The van der Waals surface area contributed by atoms with Crippen LogP contribution in [0.2, 0.25) is 0 Å². The molecule has 2 heterocycles. The minimum atomic E-state index is 0.0628. The lowest BCUT2D eigenvalue weighted by molar-refractivity contribution is -0.131. The van der Waals surface area contributed by atoms with Crippen LogP contribution in [0.5, 0.6) is 11.5 Å². The molecule has 0 saturated carbocycles. The number of aromatic nitrogens is 1. The van der Waals surface area contributed by atoms with E-state index in [2.05, 4.69) is 5.16 Å². The molecule has 25 heavy (non-hydrogen) atoms. The number of carbonyl (C=O) groups is 1. The molecule has 0 aliphatic carbocycles. The molecule has 0 bridgehead atoms. The highest BCUT2D eigenvalue weighted by Gasteiger charge is 2.31. The van der Waals surface area contributed by atoms with Gasteiger partial charge in [0.25, 0.3) is 0 Å². The number of nitrogens with zero attached hydrogens (tertiary/aromatic N) is 2. The van der Waals surface area contributed by atoms with Crippen molar-refractivity contribution in [1.82, 2.24) is 10.1 Å². The quantitative estimate of drug-likeness (QED) is 0.833. The molecule has 1 aliphatic rings. The van der Waals surface area contributed by atoms with Gasteiger partial charge in [-0.15, -0.1) is 0 Å². The molecule has 2 aromatic rings. The number of amides is 1. The van der Waals surface area contributed by atoms with Crippen molar-refractivity contribution >= 4 is 5.91 Å². The lowest BCUT2D eigenvalue weighted by Crippen LogP contribution is -2.32. The zero-order valence-corrected chi connectivity index (χ0v) is 15.2. The first-order chi connectivity index (χ1) is 12.0. The zero-order valence-electron chi connectivity index (χ0n) is 15.2. The van der Waals surface area contributed by atoms with E-state index in [0.717, 1.165) is 36.2 Å². The molecule has 3 rings (SSSR count).